The number of hydrogen-bond donors (Lipinski definition) is 2. The third-order valence-electron chi connectivity index (χ3n) is 7.93. The first kappa shape index (κ1) is 33.8. The molecule has 242 valence electrons. The lowest BCUT2D eigenvalue weighted by molar-refractivity contribution is -0.258. The van der Waals surface area contributed by atoms with E-state index in [1.165, 1.54) is 12.1 Å². The highest BCUT2D eigenvalue weighted by Gasteiger charge is 2.51. The molecule has 2 unspecified atom stereocenters. The number of aryl methyl sites for hydroxylation is 2. The van der Waals surface area contributed by atoms with Crippen molar-refractivity contribution in [3.63, 3.8) is 0 Å². The molecule has 3 amide bonds. The van der Waals surface area contributed by atoms with Gasteiger partial charge < -0.3 is 19.9 Å². The average Bonchev–Trinajstić information content (AvgIpc) is 3.18. The van der Waals surface area contributed by atoms with Crippen LogP contribution in [-0.2, 0) is 35.3 Å². The van der Waals surface area contributed by atoms with Crippen LogP contribution in [0.5, 0.6) is 17.2 Å². The van der Waals surface area contributed by atoms with Gasteiger partial charge in [0.2, 0.25) is 0 Å². The van der Waals surface area contributed by atoms with Gasteiger partial charge in [-0.15, -0.1) is 0 Å². The number of aliphatic hydroxyl groups is 1. The van der Waals surface area contributed by atoms with E-state index in [1.54, 1.807) is 55.5 Å². The molecule has 1 saturated heterocycles. The molecule has 2 atom stereocenters. The lowest BCUT2D eigenvalue weighted by Gasteiger charge is -2.29. The van der Waals surface area contributed by atoms with Crippen LogP contribution in [0.4, 0.5) is 18.0 Å². The number of urea groups is 1. The number of carbonyl (C=O) groups is 2. The van der Waals surface area contributed by atoms with E-state index in [0.29, 0.717) is 65.2 Å². The average molecular weight is 627 g/mol. The second-order valence-electron chi connectivity index (χ2n) is 12.1. The van der Waals surface area contributed by atoms with Gasteiger partial charge >= 0.3 is 12.2 Å². The molecule has 1 fully saturated rings. The topological polar surface area (TPSA) is 88.1 Å². The van der Waals surface area contributed by atoms with Gasteiger partial charge in [-0.3, -0.25) is 9.69 Å². The number of nitrogens with one attached hydrogen (secondary N) is 1. The van der Waals surface area contributed by atoms with Gasteiger partial charge in [0.1, 0.15) is 22.8 Å². The quantitative estimate of drug-likeness (QED) is 0.200. The first-order chi connectivity index (χ1) is 21.1. The molecule has 4 rings (SSSR count). The Balaban J connectivity index is 1.60. The van der Waals surface area contributed by atoms with Crippen LogP contribution in [0.1, 0.15) is 82.2 Å². The van der Waals surface area contributed by atoms with Crippen molar-refractivity contribution in [1.82, 2.24) is 10.2 Å². The Hall–Kier alpha value is -4.05. The van der Waals surface area contributed by atoms with Crippen LogP contribution in [0.15, 0.2) is 60.7 Å². The standard InChI is InChI=1S/C35H41F3N2O5/c1-7-10-24-19-27(34(6,43)35(36,37)38)20-25(11-8-2)30(24)45-29-13-9-12-23(18-29)21-40-31(41)33(5,39-32(40)42)26-14-16-28(17-15-26)44-22(3)4/h9,12-20,22,43H,7-8,10-11,21H2,1-6H3,(H,39,42). The fourth-order valence-electron chi connectivity index (χ4n) is 5.42. The van der Waals surface area contributed by atoms with Gasteiger partial charge in [0.15, 0.2) is 5.60 Å². The number of carbonyl (C=O) groups excluding carboxylic acids is 2. The third kappa shape index (κ3) is 7.11. The number of alkyl halides is 3. The highest BCUT2D eigenvalue weighted by molar-refractivity contribution is 6.07. The predicted octanol–water partition coefficient (Wildman–Crippen LogP) is 7.91. The molecule has 1 aliphatic rings. The maximum Gasteiger partial charge on any atom is 0.421 e. The monoisotopic (exact) mass is 626 g/mol. The molecule has 1 aliphatic heterocycles. The maximum absolute atomic E-state index is 13.7. The van der Waals surface area contributed by atoms with Crippen LogP contribution in [0, 0.1) is 0 Å². The number of ether oxygens (including phenoxy) is 2. The summed E-state index contributed by atoms with van der Waals surface area (Å²) in [6.45, 7) is 10.1. The van der Waals surface area contributed by atoms with E-state index in [1.807, 2.05) is 27.7 Å². The summed E-state index contributed by atoms with van der Waals surface area (Å²) in [5.41, 5.74) is -2.14. The molecule has 0 saturated carbocycles. The van der Waals surface area contributed by atoms with E-state index >= 15 is 0 Å². The van der Waals surface area contributed by atoms with Crippen molar-refractivity contribution >= 4 is 11.9 Å². The Kier molecular flexibility index (Phi) is 9.87. The summed E-state index contributed by atoms with van der Waals surface area (Å²) in [6.07, 6.45) is -2.66. The fraction of sp³-hybridized carbons (Fsp3) is 0.429. The molecule has 3 aromatic carbocycles. The molecule has 10 heteroatoms. The Labute approximate surface area is 262 Å². The second kappa shape index (κ2) is 13.1. The summed E-state index contributed by atoms with van der Waals surface area (Å²) < 4.78 is 53.2. The lowest BCUT2D eigenvalue weighted by Crippen LogP contribution is -2.40. The van der Waals surface area contributed by atoms with E-state index in [4.69, 9.17) is 9.47 Å². The molecular weight excluding hydrogens is 585 g/mol. The highest BCUT2D eigenvalue weighted by Crippen LogP contribution is 2.42. The normalized spacial score (nSPS) is 18.2. The molecule has 7 nitrogen and oxygen atoms in total. The molecule has 0 spiro atoms. The summed E-state index contributed by atoms with van der Waals surface area (Å²) >= 11 is 0. The van der Waals surface area contributed by atoms with Gasteiger partial charge in [-0.05, 0) is 105 Å². The van der Waals surface area contributed by atoms with Crippen LogP contribution in [0.2, 0.25) is 0 Å². The number of hydrogen-bond acceptors (Lipinski definition) is 5. The number of halogens is 3. The minimum atomic E-state index is -4.85. The number of imide groups is 1. The minimum Gasteiger partial charge on any atom is -0.491 e. The summed E-state index contributed by atoms with van der Waals surface area (Å²) in [7, 11) is 0. The Morgan fingerprint density at radius 1 is 0.933 bits per heavy atom. The molecule has 3 aromatic rings. The smallest absolute Gasteiger partial charge is 0.421 e. The molecule has 2 N–H and O–H groups in total. The van der Waals surface area contributed by atoms with Gasteiger partial charge in [-0.25, -0.2) is 4.79 Å². The van der Waals surface area contributed by atoms with Crippen LogP contribution < -0.4 is 14.8 Å². The van der Waals surface area contributed by atoms with Crippen molar-refractivity contribution in [1.29, 1.82) is 0 Å². The number of amides is 3. The van der Waals surface area contributed by atoms with Gasteiger partial charge in [-0.2, -0.15) is 13.2 Å². The van der Waals surface area contributed by atoms with E-state index < -0.39 is 29.3 Å². The summed E-state index contributed by atoms with van der Waals surface area (Å²) in [4.78, 5) is 27.7. The number of benzene rings is 3. The molecule has 45 heavy (non-hydrogen) atoms. The van der Waals surface area contributed by atoms with E-state index in [9.17, 15) is 27.9 Å². The largest absolute Gasteiger partial charge is 0.491 e. The zero-order valence-corrected chi connectivity index (χ0v) is 26.5. The first-order valence-corrected chi connectivity index (χ1v) is 15.2. The highest BCUT2D eigenvalue weighted by atomic mass is 19.4. The van der Waals surface area contributed by atoms with Crippen LogP contribution in [0.3, 0.4) is 0 Å². The van der Waals surface area contributed by atoms with Gasteiger partial charge in [-0.1, -0.05) is 51.0 Å². The van der Waals surface area contributed by atoms with Gasteiger partial charge in [0.05, 0.1) is 12.6 Å². The van der Waals surface area contributed by atoms with Crippen LogP contribution in [-0.4, -0.2) is 34.2 Å². The van der Waals surface area contributed by atoms with Crippen molar-refractivity contribution < 1.29 is 37.3 Å². The Morgan fingerprint density at radius 3 is 2.07 bits per heavy atom. The van der Waals surface area contributed by atoms with E-state index in [2.05, 4.69) is 5.32 Å². The van der Waals surface area contributed by atoms with Crippen molar-refractivity contribution in [2.45, 2.75) is 97.2 Å². The van der Waals surface area contributed by atoms with Crippen molar-refractivity contribution in [2.75, 3.05) is 0 Å². The predicted molar refractivity (Wildman–Crippen MR) is 165 cm³/mol. The molecule has 0 bridgehead atoms. The zero-order valence-electron chi connectivity index (χ0n) is 26.5. The zero-order chi connectivity index (χ0) is 33.2. The van der Waals surface area contributed by atoms with E-state index in [-0.39, 0.29) is 18.2 Å². The molecule has 0 radical (unpaired) electrons. The summed E-state index contributed by atoms with van der Waals surface area (Å²) in [5, 5.41) is 13.2. The first-order valence-electron chi connectivity index (χ1n) is 15.2. The third-order valence-corrected chi connectivity index (χ3v) is 7.93. The SMILES string of the molecule is CCCc1cc(C(C)(O)C(F)(F)F)cc(CCC)c1Oc1cccc(CN2C(=O)NC(C)(c3ccc(OC(C)C)cc3)C2=O)c1. The minimum absolute atomic E-state index is 0.00366. The lowest BCUT2D eigenvalue weighted by atomic mass is 9.89. The van der Waals surface area contributed by atoms with Gasteiger partial charge in [0, 0.05) is 0 Å². The summed E-state index contributed by atoms with van der Waals surface area (Å²) in [6, 6.07) is 16.2. The maximum atomic E-state index is 13.7. The van der Waals surface area contributed by atoms with Crippen molar-refractivity contribution in [2.24, 2.45) is 0 Å². The molecule has 0 aromatic heterocycles. The van der Waals surface area contributed by atoms with Crippen molar-refractivity contribution in [3.05, 3.63) is 88.5 Å². The van der Waals surface area contributed by atoms with Crippen molar-refractivity contribution in [3.8, 4) is 17.2 Å². The van der Waals surface area contributed by atoms with Gasteiger partial charge in [0.25, 0.3) is 5.91 Å². The molecule has 0 aliphatic carbocycles. The van der Waals surface area contributed by atoms with E-state index in [0.717, 1.165) is 11.8 Å². The Morgan fingerprint density at radius 2 is 1.53 bits per heavy atom. The van der Waals surface area contributed by atoms with Crippen LogP contribution >= 0.6 is 0 Å². The Bertz CT molecular complexity index is 1510. The fourth-order valence-corrected chi connectivity index (χ4v) is 5.42. The number of rotatable bonds is 12. The summed E-state index contributed by atoms with van der Waals surface area (Å²) in [5.74, 6) is 1.12. The van der Waals surface area contributed by atoms with Crippen LogP contribution in [0.25, 0.3) is 0 Å². The molecular formula is C35H41F3N2O5. The second-order valence-corrected chi connectivity index (χ2v) is 12.1. The number of nitrogens with zero attached hydrogens (tertiary/aromatic N) is 1. The molecule has 1 heterocycles.